The van der Waals surface area contributed by atoms with Gasteiger partial charge < -0.3 is 29.7 Å². The molecule has 1 spiro atoms. The number of unbranched alkanes of at least 4 members (excludes halogenated alkanes) is 1. The zero-order valence-electron chi connectivity index (χ0n) is 28.8. The van der Waals surface area contributed by atoms with Gasteiger partial charge in [-0.3, -0.25) is 19.2 Å². The lowest BCUT2D eigenvalue weighted by Gasteiger charge is -2.39. The lowest BCUT2D eigenvalue weighted by molar-refractivity contribution is -0.162. The number of nitrogens with zero attached hydrogens (tertiary/aromatic N) is 2. The van der Waals surface area contributed by atoms with Gasteiger partial charge in [-0.2, -0.15) is 0 Å². The fourth-order valence-electron chi connectivity index (χ4n) is 7.89. The maximum Gasteiger partial charge on any atom is 0.313 e. The van der Waals surface area contributed by atoms with E-state index in [0.717, 1.165) is 12.8 Å². The molecule has 0 radical (unpaired) electrons. The molecule has 2 bridgehead atoms. The molecule has 0 saturated carbocycles. The van der Waals surface area contributed by atoms with Crippen molar-refractivity contribution in [3.05, 3.63) is 97.1 Å². The molecule has 2 N–H and O–H groups in total. The quantitative estimate of drug-likeness (QED) is 0.132. The number of hydrogen-bond donors (Lipinski definition) is 2. The summed E-state index contributed by atoms with van der Waals surface area (Å²) < 4.78 is 13.0. The number of rotatable bonds is 17. The highest BCUT2D eigenvalue weighted by molar-refractivity contribution is 9.09. The van der Waals surface area contributed by atoms with Crippen molar-refractivity contribution >= 4 is 39.6 Å². The average Bonchev–Trinajstić information content (AvgIpc) is 3.72. The topological polar surface area (TPSA) is 125 Å². The highest BCUT2D eigenvalue weighted by Gasteiger charge is 2.77. The smallest absolute Gasteiger partial charge is 0.313 e. The number of fused-ring (bicyclic) bond motifs is 1. The zero-order valence-corrected chi connectivity index (χ0v) is 30.4. The van der Waals surface area contributed by atoms with Gasteiger partial charge in [0.25, 0.3) is 0 Å². The van der Waals surface area contributed by atoms with Crippen molar-refractivity contribution in [2.24, 2.45) is 11.8 Å². The predicted molar refractivity (Wildman–Crippen MR) is 193 cm³/mol. The number of alkyl halides is 1. The summed E-state index contributed by atoms with van der Waals surface area (Å²) in [5, 5.41) is 13.8. The fraction of sp³-hybridized carbons (Fsp3) is 0.487. The molecule has 3 aliphatic rings. The Hall–Kier alpha value is -3.80. The van der Waals surface area contributed by atoms with Crippen molar-refractivity contribution in [1.82, 2.24) is 15.1 Å². The summed E-state index contributed by atoms with van der Waals surface area (Å²) in [5.41, 5.74) is -0.00735. The number of ether oxygens (including phenoxy) is 2. The van der Waals surface area contributed by atoms with Gasteiger partial charge in [-0.25, -0.2) is 0 Å². The first-order valence-corrected chi connectivity index (χ1v) is 18.4. The van der Waals surface area contributed by atoms with Crippen LogP contribution in [0.2, 0.25) is 0 Å². The normalized spacial score (nSPS) is 26.8. The molecule has 3 fully saturated rings. The summed E-state index contributed by atoms with van der Waals surface area (Å²) in [6, 6.07) is 15.7. The Bertz CT molecular complexity index is 1540. The van der Waals surface area contributed by atoms with Crippen LogP contribution < -0.4 is 5.32 Å². The Morgan fingerprint density at radius 2 is 1.78 bits per heavy atom. The summed E-state index contributed by atoms with van der Waals surface area (Å²) in [7, 11) is 0. The fourth-order valence-corrected chi connectivity index (χ4v) is 8.83. The highest BCUT2D eigenvalue weighted by Crippen LogP contribution is 2.61. The van der Waals surface area contributed by atoms with Crippen LogP contribution >= 0.6 is 15.9 Å². The van der Waals surface area contributed by atoms with Gasteiger partial charge in [-0.05, 0) is 37.3 Å². The maximum atomic E-state index is 14.9. The lowest BCUT2D eigenvalue weighted by Crippen LogP contribution is -2.57. The second kappa shape index (κ2) is 16.5. The van der Waals surface area contributed by atoms with Crippen molar-refractivity contribution in [1.29, 1.82) is 0 Å². The molecule has 2 aromatic rings. The van der Waals surface area contributed by atoms with E-state index in [1.54, 1.807) is 24.0 Å². The zero-order chi connectivity index (χ0) is 36.0. The monoisotopic (exact) mass is 749 g/mol. The van der Waals surface area contributed by atoms with E-state index in [1.165, 1.54) is 4.90 Å². The van der Waals surface area contributed by atoms with E-state index >= 15 is 0 Å². The molecule has 268 valence electrons. The van der Waals surface area contributed by atoms with Gasteiger partial charge in [-0.1, -0.05) is 102 Å². The molecule has 9 atom stereocenters. The van der Waals surface area contributed by atoms with Gasteiger partial charge in [0.2, 0.25) is 17.7 Å². The minimum atomic E-state index is -1.35. The summed E-state index contributed by atoms with van der Waals surface area (Å²) in [6.45, 7) is 11.7. The summed E-state index contributed by atoms with van der Waals surface area (Å²) in [5.74, 6) is -3.69. The molecule has 3 heterocycles. The first-order chi connectivity index (χ1) is 24.1. The number of likely N-dealkylation sites (tertiary alicyclic amines) is 1. The number of hydrogen-bond acceptors (Lipinski definition) is 7. The lowest BCUT2D eigenvalue weighted by atomic mass is 9.70. The number of amides is 3. The number of nitrogens with one attached hydrogen (secondary N) is 1. The second-order valence-electron chi connectivity index (χ2n) is 13.4. The molecule has 11 heteroatoms. The number of benzene rings is 2. The standard InChI is InChI=1S/C39H48BrN3O7/c1-5-8-20-30(45)41-25(4)33(27-18-14-11-15-19-27)49-38(48)31-32-36(46)43(29(24-44)26-16-12-10-13-17-26)35(39(32)23-28(40)34(31)50-39)37(47)42(21-7-3)22-9-6-2/h5,7,10-19,25,28-29,31-35,44H,1,3,6,8-9,20-24H2,2,4H3,(H,41,45)/t25-,28?,29+,31-,32+,33-,34-,35-,39+/m0/s1. The third-order valence-electron chi connectivity index (χ3n) is 10.2. The third kappa shape index (κ3) is 7.18. The Labute approximate surface area is 303 Å². The highest BCUT2D eigenvalue weighted by atomic mass is 79.9. The largest absolute Gasteiger partial charge is 0.455 e. The minimum absolute atomic E-state index is 0.205. The van der Waals surface area contributed by atoms with Crippen LogP contribution in [-0.4, -0.2) is 86.9 Å². The average molecular weight is 751 g/mol. The Kier molecular flexibility index (Phi) is 12.3. The summed E-state index contributed by atoms with van der Waals surface area (Å²) in [6.07, 6.45) is 4.39. The third-order valence-corrected chi connectivity index (χ3v) is 11.0. The number of halogens is 1. The van der Waals surface area contributed by atoms with Crippen LogP contribution in [0.3, 0.4) is 0 Å². The number of aliphatic hydroxyl groups excluding tert-OH is 1. The number of carbonyl (C=O) groups excluding carboxylic acids is 4. The molecule has 1 unspecified atom stereocenters. The second-order valence-corrected chi connectivity index (χ2v) is 14.6. The Morgan fingerprint density at radius 1 is 1.12 bits per heavy atom. The van der Waals surface area contributed by atoms with Crippen molar-refractivity contribution in [3.8, 4) is 0 Å². The molecule has 2 aromatic carbocycles. The number of carbonyl (C=O) groups is 4. The van der Waals surface area contributed by atoms with E-state index in [2.05, 4.69) is 34.4 Å². The SMILES string of the molecule is C=CCCC(=O)N[C@@H](C)[C@H](OC(=O)[C@@H]1[C@H]2O[C@@]3(CC2Br)[C@H](C(=O)N(CC=C)CCCC)N([C@H](CO)c2ccccc2)C(=O)[C@@H]13)c1ccccc1. The molecule has 3 aliphatic heterocycles. The van der Waals surface area contributed by atoms with E-state index in [4.69, 9.17) is 9.47 Å². The van der Waals surface area contributed by atoms with E-state index in [0.29, 0.717) is 30.5 Å². The van der Waals surface area contributed by atoms with Crippen molar-refractivity contribution in [2.45, 2.75) is 86.7 Å². The molecule has 10 nitrogen and oxygen atoms in total. The van der Waals surface area contributed by atoms with Gasteiger partial charge in [-0.15, -0.1) is 13.2 Å². The maximum absolute atomic E-state index is 14.9. The molecule has 0 aliphatic carbocycles. The van der Waals surface area contributed by atoms with Crippen LogP contribution in [0, 0.1) is 11.8 Å². The summed E-state index contributed by atoms with van der Waals surface area (Å²) in [4.78, 5) is 59.6. The van der Waals surface area contributed by atoms with Crippen LogP contribution in [0.15, 0.2) is 86.0 Å². The molecular weight excluding hydrogens is 702 g/mol. The van der Waals surface area contributed by atoms with Crippen molar-refractivity contribution in [3.63, 3.8) is 0 Å². The van der Waals surface area contributed by atoms with Crippen LogP contribution in [0.1, 0.15) is 69.2 Å². The molecule has 0 aromatic heterocycles. The van der Waals surface area contributed by atoms with Crippen molar-refractivity contribution in [2.75, 3.05) is 19.7 Å². The first kappa shape index (κ1) is 37.5. The Balaban J connectivity index is 1.54. The van der Waals surface area contributed by atoms with E-state index in [9.17, 15) is 24.3 Å². The molecule has 5 rings (SSSR count). The van der Waals surface area contributed by atoms with Crippen LogP contribution in [0.25, 0.3) is 0 Å². The molecule has 3 saturated heterocycles. The van der Waals surface area contributed by atoms with Crippen molar-refractivity contribution < 1.29 is 33.8 Å². The van der Waals surface area contributed by atoms with Crippen LogP contribution in [0.5, 0.6) is 0 Å². The predicted octanol–water partition coefficient (Wildman–Crippen LogP) is 5.04. The van der Waals surface area contributed by atoms with Gasteiger partial charge in [0.1, 0.15) is 17.7 Å². The van der Waals surface area contributed by atoms with Crippen LogP contribution in [-0.2, 0) is 28.7 Å². The number of aliphatic hydroxyl groups is 1. The van der Waals surface area contributed by atoms with E-state index < -0.39 is 66.3 Å². The number of esters is 1. The minimum Gasteiger partial charge on any atom is -0.455 e. The molecule has 50 heavy (non-hydrogen) atoms. The van der Waals surface area contributed by atoms with Gasteiger partial charge in [0.15, 0.2) is 0 Å². The van der Waals surface area contributed by atoms with Gasteiger partial charge in [0, 0.05) is 24.3 Å². The van der Waals surface area contributed by atoms with Gasteiger partial charge >= 0.3 is 5.97 Å². The Morgan fingerprint density at radius 3 is 2.38 bits per heavy atom. The summed E-state index contributed by atoms with van der Waals surface area (Å²) >= 11 is 3.74. The van der Waals surface area contributed by atoms with Crippen LogP contribution in [0.4, 0.5) is 0 Å². The van der Waals surface area contributed by atoms with E-state index in [-0.39, 0.29) is 29.6 Å². The molecule has 3 amide bonds. The molecular formula is C39H48BrN3O7. The van der Waals surface area contributed by atoms with E-state index in [1.807, 2.05) is 67.6 Å². The van der Waals surface area contributed by atoms with Gasteiger partial charge in [0.05, 0.1) is 36.6 Å². The first-order valence-electron chi connectivity index (χ1n) is 17.5. The number of allylic oxidation sites excluding steroid dienone is 1.